The molecule has 6 heterocycles. The van der Waals surface area contributed by atoms with Crippen LogP contribution in [0.2, 0.25) is 0 Å². The number of nitrogens with zero attached hydrogens (tertiary/aromatic N) is 7. The molecule has 2 amide bonds. The lowest BCUT2D eigenvalue weighted by molar-refractivity contribution is -0.133. The summed E-state index contributed by atoms with van der Waals surface area (Å²) >= 11 is 0. The van der Waals surface area contributed by atoms with Crippen molar-refractivity contribution in [2.24, 2.45) is 5.92 Å². The van der Waals surface area contributed by atoms with Crippen molar-refractivity contribution in [3.63, 3.8) is 0 Å². The smallest absolute Gasteiger partial charge is 0.284 e. The number of aryl methyl sites for hydroxylation is 1. The third kappa shape index (κ3) is 5.17. The molecule has 12 heteroatoms. The van der Waals surface area contributed by atoms with E-state index in [9.17, 15) is 14.4 Å². The van der Waals surface area contributed by atoms with Crippen LogP contribution < -0.4 is 16.6 Å². The molecule has 1 saturated heterocycles. The summed E-state index contributed by atoms with van der Waals surface area (Å²) in [7, 11) is 0. The van der Waals surface area contributed by atoms with E-state index in [1.54, 1.807) is 10.9 Å². The summed E-state index contributed by atoms with van der Waals surface area (Å²) in [6.07, 6.45) is 9.43. The van der Waals surface area contributed by atoms with Gasteiger partial charge in [0.1, 0.15) is 17.4 Å². The molecule has 0 unspecified atom stereocenters. The molecular formula is C35H37N9O3. The normalized spacial score (nSPS) is 16.7. The number of hydrogen-bond acceptors (Lipinski definition) is 7. The van der Waals surface area contributed by atoms with Crippen molar-refractivity contribution in [1.29, 1.82) is 0 Å². The Hall–Kier alpha value is -5.26. The summed E-state index contributed by atoms with van der Waals surface area (Å²) in [4.78, 5) is 50.6. The minimum Gasteiger partial charge on any atom is -0.382 e. The van der Waals surface area contributed by atoms with Crippen LogP contribution in [-0.4, -0.2) is 58.7 Å². The molecule has 0 spiro atoms. The zero-order valence-corrected chi connectivity index (χ0v) is 26.4. The number of pyridine rings is 1. The number of rotatable bonds is 6. The Balaban J connectivity index is 1.06. The Morgan fingerprint density at radius 3 is 2.47 bits per heavy atom. The van der Waals surface area contributed by atoms with Gasteiger partial charge in [-0.1, -0.05) is 12.1 Å². The Kier molecular flexibility index (Phi) is 7.15. The van der Waals surface area contributed by atoms with Crippen molar-refractivity contribution in [1.82, 2.24) is 33.8 Å². The first-order chi connectivity index (χ1) is 22.9. The van der Waals surface area contributed by atoms with Crippen molar-refractivity contribution in [2.75, 3.05) is 24.1 Å². The highest BCUT2D eigenvalue weighted by atomic mass is 16.2. The van der Waals surface area contributed by atoms with Crippen molar-refractivity contribution in [3.05, 3.63) is 88.0 Å². The number of aromatic nitrogens is 6. The second-order valence-electron chi connectivity index (χ2n) is 13.0. The summed E-state index contributed by atoms with van der Waals surface area (Å²) in [5.74, 6) is 0.734. The summed E-state index contributed by atoms with van der Waals surface area (Å²) in [5, 5.41) is 7.53. The maximum Gasteiger partial charge on any atom is 0.284 e. The number of fused-ring (bicyclic) bond motifs is 2. The van der Waals surface area contributed by atoms with Crippen LogP contribution in [0.4, 0.5) is 11.5 Å². The van der Waals surface area contributed by atoms with E-state index in [1.807, 2.05) is 57.4 Å². The average molecular weight is 632 g/mol. The number of carbonyl (C=O) groups is 2. The molecule has 1 saturated carbocycles. The van der Waals surface area contributed by atoms with Gasteiger partial charge in [-0.25, -0.2) is 14.2 Å². The minimum atomic E-state index is -0.423. The predicted octanol–water partition coefficient (Wildman–Crippen LogP) is 4.34. The van der Waals surface area contributed by atoms with Crippen LogP contribution in [0.5, 0.6) is 0 Å². The van der Waals surface area contributed by atoms with E-state index in [2.05, 4.69) is 26.4 Å². The molecule has 2 aliphatic heterocycles. The molecule has 240 valence electrons. The highest BCUT2D eigenvalue weighted by Gasteiger charge is 2.36. The van der Waals surface area contributed by atoms with Gasteiger partial charge in [0.2, 0.25) is 5.91 Å². The molecule has 0 radical (unpaired) electrons. The minimum absolute atomic E-state index is 0.173. The van der Waals surface area contributed by atoms with Crippen LogP contribution in [0.25, 0.3) is 22.3 Å². The monoisotopic (exact) mass is 631 g/mol. The predicted molar refractivity (Wildman–Crippen MR) is 178 cm³/mol. The zero-order valence-electron chi connectivity index (χ0n) is 26.4. The maximum absolute atomic E-state index is 13.7. The van der Waals surface area contributed by atoms with Crippen LogP contribution in [0.3, 0.4) is 0 Å². The molecule has 1 aliphatic carbocycles. The number of nitrogens with two attached hydrogens (primary N) is 1. The van der Waals surface area contributed by atoms with Crippen LogP contribution in [-0.2, 0) is 17.8 Å². The van der Waals surface area contributed by atoms with Gasteiger partial charge in [0, 0.05) is 54.1 Å². The van der Waals surface area contributed by atoms with Crippen molar-refractivity contribution < 1.29 is 9.59 Å². The van der Waals surface area contributed by atoms with Gasteiger partial charge in [-0.2, -0.15) is 5.10 Å². The number of benzene rings is 1. The first-order valence-corrected chi connectivity index (χ1v) is 16.5. The maximum atomic E-state index is 13.7. The van der Waals surface area contributed by atoms with Crippen molar-refractivity contribution in [2.45, 2.75) is 64.3 Å². The molecule has 2 fully saturated rings. The molecule has 0 bridgehead atoms. The second kappa shape index (κ2) is 11.5. The van der Waals surface area contributed by atoms with Crippen LogP contribution in [0.1, 0.15) is 71.9 Å². The highest BCUT2D eigenvalue weighted by molar-refractivity contribution is 6.05. The number of hydrogen-bond donors (Lipinski definition) is 2. The summed E-state index contributed by atoms with van der Waals surface area (Å²) in [6.45, 7) is 4.05. The number of amides is 2. The largest absolute Gasteiger partial charge is 0.382 e. The average Bonchev–Trinajstić information content (AvgIpc) is 3.80. The molecule has 3 aliphatic rings. The van der Waals surface area contributed by atoms with Crippen LogP contribution in [0, 0.1) is 12.8 Å². The van der Waals surface area contributed by atoms with E-state index in [1.165, 1.54) is 6.33 Å². The Morgan fingerprint density at radius 1 is 0.957 bits per heavy atom. The number of nitrogens with one attached hydrogen (secondary N) is 1. The molecule has 1 aromatic carbocycles. The SMILES string of the molecule is Cc1ccc(-n2c(=O)c(C(=O)Nc3ccc(-c4cc(C5CCN(C(=O)C6CC6)CC5)n5ncnc(N)c45)cc3)c3n2CCCC3)cn1. The van der Waals surface area contributed by atoms with E-state index in [0.717, 1.165) is 85.3 Å². The van der Waals surface area contributed by atoms with Gasteiger partial charge < -0.3 is 16.0 Å². The molecule has 8 rings (SSSR count). The summed E-state index contributed by atoms with van der Waals surface area (Å²) < 4.78 is 5.39. The Morgan fingerprint density at radius 2 is 1.74 bits per heavy atom. The number of likely N-dealkylation sites (tertiary alicyclic amines) is 1. The first kappa shape index (κ1) is 29.2. The lowest BCUT2D eigenvalue weighted by atomic mass is 9.92. The van der Waals surface area contributed by atoms with Crippen molar-refractivity contribution in [3.8, 4) is 16.8 Å². The highest BCUT2D eigenvalue weighted by Crippen LogP contribution is 2.38. The van der Waals surface area contributed by atoms with Gasteiger partial charge in [-0.3, -0.25) is 24.0 Å². The van der Waals surface area contributed by atoms with Crippen molar-refractivity contribution >= 4 is 28.8 Å². The molecule has 3 N–H and O–H groups in total. The molecule has 4 aromatic heterocycles. The van der Waals surface area contributed by atoms with E-state index < -0.39 is 5.91 Å². The van der Waals surface area contributed by atoms with Gasteiger partial charge in [0.25, 0.3) is 11.5 Å². The van der Waals surface area contributed by atoms with Gasteiger partial charge >= 0.3 is 0 Å². The van der Waals surface area contributed by atoms with Gasteiger partial charge in [-0.05, 0) is 87.8 Å². The van der Waals surface area contributed by atoms with Gasteiger partial charge in [0.15, 0.2) is 5.82 Å². The number of carbonyl (C=O) groups excluding carboxylic acids is 2. The molecule has 5 aromatic rings. The summed E-state index contributed by atoms with van der Waals surface area (Å²) in [6, 6.07) is 13.4. The summed E-state index contributed by atoms with van der Waals surface area (Å²) in [5.41, 5.74) is 12.7. The van der Waals surface area contributed by atoms with E-state index >= 15 is 0 Å². The van der Waals surface area contributed by atoms with E-state index in [-0.39, 0.29) is 23.0 Å². The van der Waals surface area contributed by atoms with E-state index in [0.29, 0.717) is 36.1 Å². The Labute approximate surface area is 271 Å². The quantitative estimate of drug-likeness (QED) is 0.284. The van der Waals surface area contributed by atoms with Crippen LogP contribution >= 0.6 is 0 Å². The molecule has 0 atom stereocenters. The molecular weight excluding hydrogens is 594 g/mol. The first-order valence-electron chi connectivity index (χ1n) is 16.5. The number of nitrogen functional groups attached to an aromatic ring is 1. The molecule has 12 nitrogen and oxygen atoms in total. The van der Waals surface area contributed by atoms with Gasteiger partial charge in [-0.15, -0.1) is 0 Å². The Bertz CT molecular complexity index is 2060. The lowest BCUT2D eigenvalue weighted by Crippen LogP contribution is -2.39. The fourth-order valence-corrected chi connectivity index (χ4v) is 7.22. The lowest BCUT2D eigenvalue weighted by Gasteiger charge is -2.32. The third-order valence-corrected chi connectivity index (χ3v) is 9.86. The number of anilines is 2. The third-order valence-electron chi connectivity index (χ3n) is 9.86. The number of piperidine rings is 1. The zero-order chi connectivity index (χ0) is 32.2. The topological polar surface area (TPSA) is 145 Å². The standard InChI is InChI=1S/C35H37N9O3/c1-21-5-12-26(19-37-21)44-35(47)30(28-4-2-3-15-42(28)44)33(45)40-25-10-8-22(9-11-25)27-18-29(43-31(27)32(36)38-20-39-43)23-13-16-41(17-14-23)34(46)24-6-7-24/h5,8-12,18-20,23-24H,2-4,6-7,13-17H2,1H3,(H,40,45)(H2,36,38,39). The van der Waals surface area contributed by atoms with Gasteiger partial charge in [0.05, 0.1) is 17.6 Å². The van der Waals surface area contributed by atoms with E-state index in [4.69, 9.17) is 5.73 Å². The van der Waals surface area contributed by atoms with Crippen LogP contribution in [0.15, 0.2) is 59.8 Å². The molecule has 47 heavy (non-hydrogen) atoms. The fourth-order valence-electron chi connectivity index (χ4n) is 7.22. The second-order valence-corrected chi connectivity index (χ2v) is 13.0. The fraction of sp³-hybridized carbons (Fsp3) is 0.371.